The molecule has 0 aliphatic carbocycles. The quantitative estimate of drug-likeness (QED) is 0.354. The minimum atomic E-state index is -0.0194. The molecular formula is C21H16N2O2S. The maximum atomic E-state index is 12.3. The molecule has 0 bridgehead atoms. The number of allylic oxidation sites excluding steroid dienone is 1. The van der Waals surface area contributed by atoms with Gasteiger partial charge in [-0.2, -0.15) is 5.10 Å². The van der Waals surface area contributed by atoms with Crippen molar-refractivity contribution in [1.82, 2.24) is 9.78 Å². The van der Waals surface area contributed by atoms with Crippen LogP contribution in [0.5, 0.6) is 0 Å². The molecule has 0 amide bonds. The van der Waals surface area contributed by atoms with Gasteiger partial charge in [0.2, 0.25) is 0 Å². The second-order valence-corrected chi connectivity index (χ2v) is 6.75. The molecule has 3 heterocycles. The average Bonchev–Trinajstić information content (AvgIpc) is 3.41. The third-order valence-electron chi connectivity index (χ3n) is 3.92. The fraction of sp³-hybridized carbons (Fsp3) is 0.0476. The van der Waals surface area contributed by atoms with Crippen molar-refractivity contribution in [3.05, 3.63) is 88.5 Å². The van der Waals surface area contributed by atoms with Crippen molar-refractivity contribution < 1.29 is 9.21 Å². The first-order valence-corrected chi connectivity index (χ1v) is 9.06. The molecule has 5 heteroatoms. The number of para-hydroxylation sites is 1. The van der Waals surface area contributed by atoms with Gasteiger partial charge in [-0.15, -0.1) is 11.3 Å². The molecule has 4 aromatic rings. The molecule has 0 aliphatic heterocycles. The van der Waals surface area contributed by atoms with E-state index in [-0.39, 0.29) is 5.78 Å². The van der Waals surface area contributed by atoms with E-state index in [1.165, 1.54) is 11.3 Å². The highest BCUT2D eigenvalue weighted by molar-refractivity contribution is 7.12. The van der Waals surface area contributed by atoms with E-state index < -0.39 is 0 Å². The topological polar surface area (TPSA) is 48.0 Å². The van der Waals surface area contributed by atoms with E-state index in [1.807, 2.05) is 73.1 Å². The van der Waals surface area contributed by atoms with Crippen LogP contribution in [-0.4, -0.2) is 15.6 Å². The van der Waals surface area contributed by atoms with Gasteiger partial charge in [-0.1, -0.05) is 24.3 Å². The van der Waals surface area contributed by atoms with Crippen LogP contribution in [0.1, 0.15) is 21.0 Å². The van der Waals surface area contributed by atoms with Crippen LogP contribution in [0.15, 0.2) is 76.7 Å². The summed E-state index contributed by atoms with van der Waals surface area (Å²) in [7, 11) is 0. The van der Waals surface area contributed by atoms with Crippen LogP contribution < -0.4 is 0 Å². The highest BCUT2D eigenvalue weighted by Crippen LogP contribution is 2.27. The molecule has 0 atom stereocenters. The lowest BCUT2D eigenvalue weighted by atomic mass is 10.1. The summed E-state index contributed by atoms with van der Waals surface area (Å²) in [6.07, 6.45) is 5.28. The highest BCUT2D eigenvalue weighted by Gasteiger charge is 2.14. The molecule has 0 aliphatic rings. The minimum absolute atomic E-state index is 0.0194. The molecule has 3 aromatic heterocycles. The summed E-state index contributed by atoms with van der Waals surface area (Å²) in [4.78, 5) is 13.0. The van der Waals surface area contributed by atoms with Crippen LogP contribution in [0.4, 0.5) is 0 Å². The van der Waals surface area contributed by atoms with Gasteiger partial charge in [0.25, 0.3) is 0 Å². The van der Waals surface area contributed by atoms with Gasteiger partial charge in [0, 0.05) is 11.8 Å². The Morgan fingerprint density at radius 2 is 1.96 bits per heavy atom. The molecule has 0 fully saturated rings. The number of aromatic nitrogens is 2. The molecule has 4 nitrogen and oxygen atoms in total. The second-order valence-electron chi connectivity index (χ2n) is 5.80. The third-order valence-corrected chi connectivity index (χ3v) is 4.80. The SMILES string of the molecule is Cc1ccc(-c2nn(-c3ccccc3)cc2/C=C\C(=O)c2cccs2)o1. The minimum Gasteiger partial charge on any atom is -0.460 e. The largest absolute Gasteiger partial charge is 0.460 e. The van der Waals surface area contributed by atoms with Crippen molar-refractivity contribution in [2.75, 3.05) is 0 Å². The van der Waals surface area contributed by atoms with Crippen LogP contribution in [0.2, 0.25) is 0 Å². The monoisotopic (exact) mass is 360 g/mol. The number of rotatable bonds is 5. The zero-order valence-corrected chi connectivity index (χ0v) is 14.9. The van der Waals surface area contributed by atoms with Crippen LogP contribution in [0, 0.1) is 6.92 Å². The normalized spacial score (nSPS) is 11.3. The van der Waals surface area contributed by atoms with Gasteiger partial charge in [0.05, 0.1) is 10.6 Å². The predicted octanol–water partition coefficient (Wildman–Crippen LogP) is 5.40. The first-order chi connectivity index (χ1) is 12.7. The summed E-state index contributed by atoms with van der Waals surface area (Å²) >= 11 is 1.43. The summed E-state index contributed by atoms with van der Waals surface area (Å²) in [5.41, 5.74) is 2.48. The summed E-state index contributed by atoms with van der Waals surface area (Å²) in [5, 5.41) is 6.56. The number of furan rings is 1. The Kier molecular flexibility index (Phi) is 4.37. The van der Waals surface area contributed by atoms with Gasteiger partial charge < -0.3 is 4.42 Å². The molecule has 128 valence electrons. The maximum absolute atomic E-state index is 12.3. The zero-order chi connectivity index (χ0) is 17.9. The van der Waals surface area contributed by atoms with Crippen LogP contribution >= 0.6 is 11.3 Å². The lowest BCUT2D eigenvalue weighted by Gasteiger charge is -1.98. The summed E-state index contributed by atoms with van der Waals surface area (Å²) in [6.45, 7) is 1.90. The van der Waals surface area contributed by atoms with Gasteiger partial charge >= 0.3 is 0 Å². The highest BCUT2D eigenvalue weighted by atomic mass is 32.1. The van der Waals surface area contributed by atoms with Crippen molar-refractivity contribution >= 4 is 23.2 Å². The number of hydrogen-bond donors (Lipinski definition) is 0. The molecule has 26 heavy (non-hydrogen) atoms. The van der Waals surface area contributed by atoms with E-state index >= 15 is 0 Å². The number of hydrogen-bond acceptors (Lipinski definition) is 4. The van der Waals surface area contributed by atoms with Gasteiger partial charge in [0.15, 0.2) is 11.5 Å². The Morgan fingerprint density at radius 1 is 1.12 bits per heavy atom. The summed E-state index contributed by atoms with van der Waals surface area (Å²) < 4.78 is 7.54. The standard InChI is InChI=1S/C21H16N2O2S/c1-15-9-12-19(25-15)21-16(10-11-18(24)20-8-5-13-26-20)14-23(22-21)17-6-3-2-4-7-17/h2-14H,1H3/b11-10-. The number of ketones is 1. The molecule has 1 aromatic carbocycles. The summed E-state index contributed by atoms with van der Waals surface area (Å²) in [5.74, 6) is 1.48. The maximum Gasteiger partial charge on any atom is 0.195 e. The van der Waals surface area contributed by atoms with E-state index in [0.717, 1.165) is 17.0 Å². The van der Waals surface area contributed by atoms with Gasteiger partial charge in [-0.25, -0.2) is 4.68 Å². The van der Waals surface area contributed by atoms with Gasteiger partial charge in [-0.3, -0.25) is 4.79 Å². The van der Waals surface area contributed by atoms with E-state index in [4.69, 9.17) is 4.42 Å². The lowest BCUT2D eigenvalue weighted by molar-refractivity contribution is 0.105. The summed E-state index contributed by atoms with van der Waals surface area (Å²) in [6, 6.07) is 17.3. The Morgan fingerprint density at radius 3 is 2.65 bits per heavy atom. The second kappa shape index (κ2) is 6.98. The Hall–Kier alpha value is -3.18. The number of nitrogens with zero attached hydrogens (tertiary/aromatic N) is 2. The van der Waals surface area contributed by atoms with E-state index in [1.54, 1.807) is 16.8 Å². The van der Waals surface area contributed by atoms with Crippen molar-refractivity contribution in [3.8, 4) is 17.1 Å². The molecule has 0 saturated carbocycles. The molecule has 0 radical (unpaired) electrons. The van der Waals surface area contributed by atoms with E-state index in [2.05, 4.69) is 5.10 Å². The molecule has 4 rings (SSSR count). The molecule has 0 unspecified atom stereocenters. The van der Waals surface area contributed by atoms with E-state index in [0.29, 0.717) is 16.3 Å². The Bertz CT molecular complexity index is 1060. The van der Waals surface area contributed by atoms with Gasteiger partial charge in [0.1, 0.15) is 11.5 Å². The van der Waals surface area contributed by atoms with Crippen molar-refractivity contribution in [2.24, 2.45) is 0 Å². The number of aryl methyl sites for hydroxylation is 1. The molecule has 0 spiro atoms. The van der Waals surface area contributed by atoms with Crippen molar-refractivity contribution in [3.63, 3.8) is 0 Å². The van der Waals surface area contributed by atoms with Crippen LogP contribution in [-0.2, 0) is 0 Å². The number of thiophene rings is 1. The van der Waals surface area contributed by atoms with E-state index in [9.17, 15) is 4.79 Å². The van der Waals surface area contributed by atoms with Crippen LogP contribution in [0.3, 0.4) is 0 Å². The number of carbonyl (C=O) groups is 1. The molecular weight excluding hydrogens is 344 g/mol. The first kappa shape index (κ1) is 16.3. The van der Waals surface area contributed by atoms with Crippen molar-refractivity contribution in [2.45, 2.75) is 6.92 Å². The van der Waals surface area contributed by atoms with Crippen LogP contribution in [0.25, 0.3) is 23.2 Å². The molecule has 0 N–H and O–H groups in total. The smallest absolute Gasteiger partial charge is 0.195 e. The fourth-order valence-electron chi connectivity index (χ4n) is 2.64. The van der Waals surface area contributed by atoms with Gasteiger partial charge in [-0.05, 0) is 54.8 Å². The fourth-order valence-corrected chi connectivity index (χ4v) is 3.29. The number of benzene rings is 1. The number of carbonyl (C=O) groups excluding carboxylic acids is 1. The average molecular weight is 360 g/mol. The zero-order valence-electron chi connectivity index (χ0n) is 14.1. The molecule has 0 saturated heterocycles. The first-order valence-electron chi connectivity index (χ1n) is 8.18. The Labute approximate surface area is 155 Å². The van der Waals surface area contributed by atoms with Crippen molar-refractivity contribution in [1.29, 1.82) is 0 Å². The Balaban J connectivity index is 1.74. The third kappa shape index (κ3) is 3.30. The lowest BCUT2D eigenvalue weighted by Crippen LogP contribution is -1.93. The predicted molar refractivity (Wildman–Crippen MR) is 104 cm³/mol.